The summed E-state index contributed by atoms with van der Waals surface area (Å²) in [5, 5.41) is 16.0. The lowest BCUT2D eigenvalue weighted by molar-refractivity contribution is 0.252. The second-order valence-electron chi connectivity index (χ2n) is 5.57. The van der Waals surface area contributed by atoms with Crippen LogP contribution in [0.3, 0.4) is 0 Å². The van der Waals surface area contributed by atoms with Crippen molar-refractivity contribution in [3.8, 4) is 0 Å². The van der Waals surface area contributed by atoms with Crippen molar-refractivity contribution in [3.05, 3.63) is 65.7 Å². The fourth-order valence-corrected chi connectivity index (χ4v) is 2.11. The zero-order valence-corrected chi connectivity index (χ0v) is 16.5. The number of anilines is 1. The average Bonchev–Trinajstić information content (AvgIpc) is 2.59. The van der Waals surface area contributed by atoms with Gasteiger partial charge in [-0.25, -0.2) is 4.99 Å². The van der Waals surface area contributed by atoms with Gasteiger partial charge in [-0.3, -0.25) is 0 Å². The lowest BCUT2D eigenvalue weighted by atomic mass is 10.1. The molecule has 2 rings (SSSR count). The Morgan fingerprint density at radius 3 is 2.33 bits per heavy atom. The third-order valence-electron chi connectivity index (χ3n) is 3.63. The number of para-hydroxylation sites is 1. The van der Waals surface area contributed by atoms with E-state index in [-0.39, 0.29) is 36.6 Å². The minimum absolute atomic E-state index is 0. The number of hydrogen-bond donors (Lipinski definition) is 3. The van der Waals surface area contributed by atoms with E-state index < -0.39 is 0 Å². The number of aryl methyl sites for hydroxylation is 1. The number of hydrogen-bond acceptors (Lipinski definition) is 2. The highest BCUT2D eigenvalue weighted by Crippen LogP contribution is 2.07. The molecule has 4 nitrogen and oxygen atoms in total. The lowest BCUT2D eigenvalue weighted by Gasteiger charge is -2.18. The first-order valence-electron chi connectivity index (χ1n) is 8.00. The summed E-state index contributed by atoms with van der Waals surface area (Å²) in [7, 11) is 0. The van der Waals surface area contributed by atoms with Crippen LogP contribution in [0, 0.1) is 6.92 Å². The number of nitrogens with one attached hydrogen (secondary N) is 2. The molecule has 0 aliphatic rings. The third-order valence-corrected chi connectivity index (χ3v) is 3.63. The van der Waals surface area contributed by atoms with Gasteiger partial charge in [-0.1, -0.05) is 55.0 Å². The van der Waals surface area contributed by atoms with Gasteiger partial charge in [-0.05, 0) is 31.0 Å². The minimum atomic E-state index is -0.0111. The molecular formula is C19H26IN3O. The topological polar surface area (TPSA) is 56.6 Å². The number of nitrogens with zero attached hydrogens (tertiary/aromatic N) is 1. The fraction of sp³-hybridized carbons (Fsp3) is 0.316. The van der Waals surface area contributed by atoms with E-state index in [2.05, 4.69) is 46.8 Å². The smallest absolute Gasteiger partial charge is 0.196 e. The number of aliphatic imine (C=N–C) groups is 1. The van der Waals surface area contributed by atoms with Crippen molar-refractivity contribution < 1.29 is 5.11 Å². The Bertz CT molecular complexity index is 610. The molecule has 0 heterocycles. The van der Waals surface area contributed by atoms with Crippen LogP contribution in [0.1, 0.15) is 24.5 Å². The number of rotatable bonds is 6. The Hall–Kier alpha value is -1.60. The van der Waals surface area contributed by atoms with Crippen LogP contribution in [0.5, 0.6) is 0 Å². The summed E-state index contributed by atoms with van der Waals surface area (Å²) in [6.45, 7) is 4.78. The number of guanidine groups is 1. The van der Waals surface area contributed by atoms with Gasteiger partial charge in [0.2, 0.25) is 0 Å². The SMILES string of the molecule is CC[C@H](CO)NC(=NCc1ccc(C)cc1)Nc1ccccc1.I. The average molecular weight is 439 g/mol. The summed E-state index contributed by atoms with van der Waals surface area (Å²) in [4.78, 5) is 4.64. The number of aliphatic hydroxyl groups is 1. The Kier molecular flexibility index (Phi) is 9.41. The van der Waals surface area contributed by atoms with Crippen LogP contribution in [-0.4, -0.2) is 23.7 Å². The molecule has 0 unspecified atom stereocenters. The van der Waals surface area contributed by atoms with E-state index in [9.17, 15) is 5.11 Å². The summed E-state index contributed by atoms with van der Waals surface area (Å²) in [5.41, 5.74) is 3.36. The molecule has 0 amide bonds. The first-order chi connectivity index (χ1) is 11.2. The fourth-order valence-electron chi connectivity index (χ4n) is 2.11. The summed E-state index contributed by atoms with van der Waals surface area (Å²) in [5.74, 6) is 0.678. The molecule has 130 valence electrons. The maximum Gasteiger partial charge on any atom is 0.196 e. The Labute approximate surface area is 161 Å². The van der Waals surface area contributed by atoms with Gasteiger partial charge < -0.3 is 15.7 Å². The number of aliphatic hydroxyl groups excluding tert-OH is 1. The molecule has 0 saturated carbocycles. The largest absolute Gasteiger partial charge is 0.394 e. The highest BCUT2D eigenvalue weighted by atomic mass is 127. The van der Waals surface area contributed by atoms with Crippen molar-refractivity contribution in [2.75, 3.05) is 11.9 Å². The van der Waals surface area contributed by atoms with E-state index in [0.29, 0.717) is 12.5 Å². The van der Waals surface area contributed by atoms with Crippen LogP contribution in [0.25, 0.3) is 0 Å². The van der Waals surface area contributed by atoms with Gasteiger partial charge in [0.05, 0.1) is 19.2 Å². The first kappa shape index (κ1) is 20.4. The molecule has 0 saturated heterocycles. The second kappa shape index (κ2) is 11.0. The third kappa shape index (κ3) is 6.88. The van der Waals surface area contributed by atoms with Gasteiger partial charge >= 0.3 is 0 Å². The van der Waals surface area contributed by atoms with E-state index >= 15 is 0 Å². The molecule has 1 atom stereocenters. The van der Waals surface area contributed by atoms with E-state index in [1.807, 2.05) is 37.3 Å². The van der Waals surface area contributed by atoms with E-state index in [1.165, 1.54) is 5.56 Å². The van der Waals surface area contributed by atoms with Crippen molar-refractivity contribution in [2.45, 2.75) is 32.9 Å². The Balaban J connectivity index is 0.00000288. The summed E-state index contributed by atoms with van der Waals surface area (Å²) >= 11 is 0. The molecule has 0 aliphatic carbocycles. The van der Waals surface area contributed by atoms with Crippen LogP contribution in [-0.2, 0) is 6.54 Å². The predicted octanol–water partition coefficient (Wildman–Crippen LogP) is 3.94. The van der Waals surface area contributed by atoms with Crippen molar-refractivity contribution in [1.29, 1.82) is 0 Å². The van der Waals surface area contributed by atoms with E-state index in [4.69, 9.17) is 0 Å². The molecule has 2 aromatic carbocycles. The Morgan fingerprint density at radius 1 is 1.08 bits per heavy atom. The molecule has 0 fully saturated rings. The standard InChI is InChI=1S/C19H25N3O.HI/c1-3-17(14-23)21-19(22-18-7-5-4-6-8-18)20-13-16-11-9-15(2)10-12-16;/h4-12,17,23H,3,13-14H2,1-2H3,(H2,20,21,22);1H/t17-;/m1./s1. The molecule has 0 spiro atoms. The van der Waals surface area contributed by atoms with E-state index in [1.54, 1.807) is 0 Å². The van der Waals surface area contributed by atoms with Crippen molar-refractivity contribution >= 4 is 35.6 Å². The molecule has 0 aliphatic heterocycles. The predicted molar refractivity (Wildman–Crippen MR) is 112 cm³/mol. The summed E-state index contributed by atoms with van der Waals surface area (Å²) < 4.78 is 0. The van der Waals surface area contributed by atoms with Gasteiger partial charge in [-0.2, -0.15) is 0 Å². The van der Waals surface area contributed by atoms with Gasteiger partial charge in [0, 0.05) is 5.69 Å². The zero-order chi connectivity index (χ0) is 16.5. The first-order valence-corrected chi connectivity index (χ1v) is 8.00. The highest BCUT2D eigenvalue weighted by Gasteiger charge is 2.08. The summed E-state index contributed by atoms with van der Waals surface area (Å²) in [6.07, 6.45) is 0.830. The molecule has 24 heavy (non-hydrogen) atoms. The molecular weight excluding hydrogens is 413 g/mol. The van der Waals surface area contributed by atoms with Crippen LogP contribution in [0.2, 0.25) is 0 Å². The second-order valence-corrected chi connectivity index (χ2v) is 5.57. The van der Waals surface area contributed by atoms with E-state index in [0.717, 1.165) is 17.7 Å². The Morgan fingerprint density at radius 2 is 1.75 bits per heavy atom. The van der Waals surface area contributed by atoms with Gasteiger partial charge in [0.15, 0.2) is 5.96 Å². The molecule has 3 N–H and O–H groups in total. The lowest BCUT2D eigenvalue weighted by Crippen LogP contribution is -2.41. The van der Waals surface area contributed by atoms with Crippen molar-refractivity contribution in [3.63, 3.8) is 0 Å². The molecule has 0 bridgehead atoms. The molecule has 2 aromatic rings. The quantitative estimate of drug-likeness (QED) is 0.363. The van der Waals surface area contributed by atoms with Gasteiger partial charge in [-0.15, -0.1) is 24.0 Å². The summed E-state index contributed by atoms with van der Waals surface area (Å²) in [6, 6.07) is 18.2. The van der Waals surface area contributed by atoms with Crippen LogP contribution < -0.4 is 10.6 Å². The van der Waals surface area contributed by atoms with Crippen molar-refractivity contribution in [1.82, 2.24) is 5.32 Å². The van der Waals surface area contributed by atoms with Crippen LogP contribution in [0.4, 0.5) is 5.69 Å². The monoisotopic (exact) mass is 439 g/mol. The highest BCUT2D eigenvalue weighted by molar-refractivity contribution is 14.0. The molecule has 5 heteroatoms. The van der Waals surface area contributed by atoms with Crippen LogP contribution in [0.15, 0.2) is 59.6 Å². The number of halogens is 1. The normalized spacial score (nSPS) is 12.2. The van der Waals surface area contributed by atoms with Gasteiger partial charge in [0.1, 0.15) is 0 Å². The van der Waals surface area contributed by atoms with Crippen molar-refractivity contribution in [2.24, 2.45) is 4.99 Å². The molecule has 0 aromatic heterocycles. The maximum atomic E-state index is 9.41. The maximum absolute atomic E-state index is 9.41. The zero-order valence-electron chi connectivity index (χ0n) is 14.2. The minimum Gasteiger partial charge on any atom is -0.394 e. The number of benzene rings is 2. The van der Waals surface area contributed by atoms with Gasteiger partial charge in [0.25, 0.3) is 0 Å². The van der Waals surface area contributed by atoms with Crippen LogP contribution >= 0.6 is 24.0 Å². The molecule has 0 radical (unpaired) electrons.